The molecule has 1 aliphatic rings. The standard InChI is InChI=1S/C15H21NO3S/c1-20-13-4-2-3-12(9-13)16-10-15(19)7-5-11(6-8-15)14(17)18/h2-4,9,11,16,19H,5-8,10H2,1H3,(H,17,18). The lowest BCUT2D eigenvalue weighted by Crippen LogP contribution is -2.41. The Hall–Kier alpha value is -1.20. The molecule has 1 fully saturated rings. The van der Waals surface area contributed by atoms with Crippen molar-refractivity contribution in [3.8, 4) is 0 Å². The molecule has 0 heterocycles. The van der Waals surface area contributed by atoms with Crippen LogP contribution in [0.5, 0.6) is 0 Å². The molecule has 0 radical (unpaired) electrons. The summed E-state index contributed by atoms with van der Waals surface area (Å²) in [7, 11) is 0. The smallest absolute Gasteiger partial charge is 0.306 e. The third-order valence-electron chi connectivity index (χ3n) is 3.96. The van der Waals surface area contributed by atoms with Gasteiger partial charge in [-0.3, -0.25) is 4.79 Å². The molecule has 1 aliphatic carbocycles. The minimum atomic E-state index is -0.790. The SMILES string of the molecule is CSc1cccc(NCC2(O)CCC(C(=O)O)CC2)c1. The fraction of sp³-hybridized carbons (Fsp3) is 0.533. The van der Waals surface area contributed by atoms with Gasteiger partial charge in [0.25, 0.3) is 0 Å². The average molecular weight is 295 g/mol. The van der Waals surface area contributed by atoms with E-state index < -0.39 is 11.6 Å². The summed E-state index contributed by atoms with van der Waals surface area (Å²) in [6.07, 6.45) is 4.22. The van der Waals surface area contributed by atoms with E-state index in [2.05, 4.69) is 11.4 Å². The Balaban J connectivity index is 1.88. The largest absolute Gasteiger partial charge is 0.481 e. The zero-order chi connectivity index (χ0) is 14.6. The monoisotopic (exact) mass is 295 g/mol. The molecule has 1 saturated carbocycles. The Morgan fingerprint density at radius 2 is 2.15 bits per heavy atom. The van der Waals surface area contributed by atoms with Gasteiger partial charge in [0.15, 0.2) is 0 Å². The highest BCUT2D eigenvalue weighted by molar-refractivity contribution is 7.98. The summed E-state index contributed by atoms with van der Waals surface area (Å²) in [5.41, 5.74) is 0.201. The third kappa shape index (κ3) is 3.90. The molecule has 20 heavy (non-hydrogen) atoms. The minimum Gasteiger partial charge on any atom is -0.481 e. The Morgan fingerprint density at radius 1 is 1.45 bits per heavy atom. The van der Waals surface area contributed by atoms with E-state index >= 15 is 0 Å². The van der Waals surface area contributed by atoms with E-state index in [4.69, 9.17) is 5.11 Å². The van der Waals surface area contributed by atoms with Crippen LogP contribution in [0.1, 0.15) is 25.7 Å². The Morgan fingerprint density at radius 3 is 2.75 bits per heavy atom. The van der Waals surface area contributed by atoms with Crippen molar-refractivity contribution >= 4 is 23.4 Å². The van der Waals surface area contributed by atoms with E-state index in [0.717, 1.165) is 5.69 Å². The predicted molar refractivity (Wildman–Crippen MR) is 81.3 cm³/mol. The number of nitrogens with one attached hydrogen (secondary N) is 1. The second-order valence-corrected chi connectivity index (χ2v) is 6.30. The van der Waals surface area contributed by atoms with Gasteiger partial charge in [-0.15, -0.1) is 11.8 Å². The van der Waals surface area contributed by atoms with Crippen LogP contribution in [0.4, 0.5) is 5.69 Å². The molecule has 0 unspecified atom stereocenters. The molecule has 0 amide bonds. The molecule has 0 aliphatic heterocycles. The van der Waals surface area contributed by atoms with Gasteiger partial charge in [-0.2, -0.15) is 0 Å². The number of anilines is 1. The van der Waals surface area contributed by atoms with Crippen LogP contribution in [0.15, 0.2) is 29.2 Å². The van der Waals surface area contributed by atoms with E-state index in [1.54, 1.807) is 11.8 Å². The van der Waals surface area contributed by atoms with Crippen molar-refractivity contribution in [2.45, 2.75) is 36.2 Å². The van der Waals surface area contributed by atoms with Crippen LogP contribution in [-0.4, -0.2) is 34.6 Å². The van der Waals surface area contributed by atoms with Gasteiger partial charge in [0, 0.05) is 17.1 Å². The molecule has 110 valence electrons. The fourth-order valence-electron chi connectivity index (χ4n) is 2.58. The Labute approximate surface area is 123 Å². The maximum Gasteiger partial charge on any atom is 0.306 e. The number of carbonyl (C=O) groups is 1. The van der Waals surface area contributed by atoms with Gasteiger partial charge < -0.3 is 15.5 Å². The molecular weight excluding hydrogens is 274 g/mol. The van der Waals surface area contributed by atoms with Crippen LogP contribution >= 0.6 is 11.8 Å². The van der Waals surface area contributed by atoms with Gasteiger partial charge in [0.05, 0.1) is 11.5 Å². The molecule has 1 aromatic carbocycles. The minimum absolute atomic E-state index is 0.296. The molecule has 2 rings (SSSR count). The maximum atomic E-state index is 10.9. The molecule has 0 aromatic heterocycles. The lowest BCUT2D eigenvalue weighted by molar-refractivity contribution is -0.144. The van der Waals surface area contributed by atoms with Crippen LogP contribution in [0.25, 0.3) is 0 Å². The summed E-state index contributed by atoms with van der Waals surface area (Å²) < 4.78 is 0. The van der Waals surface area contributed by atoms with Gasteiger partial charge in [0.2, 0.25) is 0 Å². The average Bonchev–Trinajstić information content (AvgIpc) is 2.46. The first-order valence-corrected chi connectivity index (χ1v) is 8.08. The molecule has 4 nitrogen and oxygen atoms in total. The third-order valence-corrected chi connectivity index (χ3v) is 4.68. The zero-order valence-electron chi connectivity index (χ0n) is 11.6. The first-order chi connectivity index (χ1) is 9.52. The lowest BCUT2D eigenvalue weighted by Gasteiger charge is -2.35. The quantitative estimate of drug-likeness (QED) is 0.729. The van der Waals surface area contributed by atoms with Crippen molar-refractivity contribution in [2.24, 2.45) is 5.92 Å². The van der Waals surface area contributed by atoms with Gasteiger partial charge in [0.1, 0.15) is 0 Å². The number of hydrogen-bond acceptors (Lipinski definition) is 4. The van der Waals surface area contributed by atoms with Crippen molar-refractivity contribution in [3.63, 3.8) is 0 Å². The second kappa shape index (κ2) is 6.50. The van der Waals surface area contributed by atoms with Crippen molar-refractivity contribution in [3.05, 3.63) is 24.3 Å². The zero-order valence-corrected chi connectivity index (χ0v) is 12.4. The fourth-order valence-corrected chi connectivity index (χ4v) is 3.04. The van der Waals surface area contributed by atoms with Gasteiger partial charge in [-0.05, 0) is 50.1 Å². The molecular formula is C15H21NO3S. The van der Waals surface area contributed by atoms with E-state index in [0.29, 0.717) is 32.2 Å². The number of hydrogen-bond donors (Lipinski definition) is 3. The van der Waals surface area contributed by atoms with Crippen molar-refractivity contribution in [1.29, 1.82) is 0 Å². The maximum absolute atomic E-state index is 10.9. The molecule has 0 bridgehead atoms. The van der Waals surface area contributed by atoms with E-state index in [-0.39, 0.29) is 5.92 Å². The van der Waals surface area contributed by atoms with E-state index in [9.17, 15) is 9.90 Å². The van der Waals surface area contributed by atoms with Crippen LogP contribution < -0.4 is 5.32 Å². The molecule has 0 saturated heterocycles. The number of rotatable bonds is 5. The number of benzene rings is 1. The summed E-state index contributed by atoms with van der Waals surface area (Å²) in [5.74, 6) is -1.04. The molecule has 1 aromatic rings. The summed E-state index contributed by atoms with van der Waals surface area (Å²) in [4.78, 5) is 12.1. The number of thioether (sulfide) groups is 1. The summed E-state index contributed by atoms with van der Waals surface area (Å²) in [6.45, 7) is 0.469. The highest BCUT2D eigenvalue weighted by Gasteiger charge is 2.35. The Bertz CT molecular complexity index is 470. The van der Waals surface area contributed by atoms with Gasteiger partial charge in [-0.25, -0.2) is 0 Å². The summed E-state index contributed by atoms with van der Waals surface area (Å²) >= 11 is 1.68. The number of carboxylic acids is 1. The van der Waals surface area contributed by atoms with Crippen molar-refractivity contribution in [2.75, 3.05) is 18.1 Å². The van der Waals surface area contributed by atoms with Crippen LogP contribution in [-0.2, 0) is 4.79 Å². The molecule has 5 heteroatoms. The van der Waals surface area contributed by atoms with Crippen molar-refractivity contribution in [1.82, 2.24) is 0 Å². The van der Waals surface area contributed by atoms with Crippen molar-refractivity contribution < 1.29 is 15.0 Å². The van der Waals surface area contributed by atoms with Gasteiger partial charge >= 0.3 is 5.97 Å². The number of carboxylic acid groups (broad SMARTS) is 1. The summed E-state index contributed by atoms with van der Waals surface area (Å²) in [6, 6.07) is 8.06. The normalized spacial score (nSPS) is 26.2. The predicted octanol–water partition coefficient (Wildman–Crippen LogP) is 2.83. The topological polar surface area (TPSA) is 69.6 Å². The first kappa shape index (κ1) is 15.2. The van der Waals surface area contributed by atoms with Crippen LogP contribution in [0, 0.1) is 5.92 Å². The number of aliphatic hydroxyl groups is 1. The molecule has 0 spiro atoms. The van der Waals surface area contributed by atoms with Crippen LogP contribution in [0.3, 0.4) is 0 Å². The van der Waals surface area contributed by atoms with E-state index in [1.807, 2.05) is 24.5 Å². The van der Waals surface area contributed by atoms with Gasteiger partial charge in [-0.1, -0.05) is 6.07 Å². The molecule has 3 N–H and O–H groups in total. The van der Waals surface area contributed by atoms with E-state index in [1.165, 1.54) is 4.90 Å². The summed E-state index contributed by atoms with van der Waals surface area (Å²) in [5, 5.41) is 22.7. The lowest BCUT2D eigenvalue weighted by atomic mass is 9.79. The molecule has 0 atom stereocenters. The first-order valence-electron chi connectivity index (χ1n) is 6.85. The highest BCUT2D eigenvalue weighted by atomic mass is 32.2. The number of aliphatic carboxylic acids is 1. The van der Waals surface area contributed by atoms with Crippen LogP contribution in [0.2, 0.25) is 0 Å². The Kier molecular flexibility index (Phi) is 4.94. The second-order valence-electron chi connectivity index (χ2n) is 5.42. The highest BCUT2D eigenvalue weighted by Crippen LogP contribution is 2.32.